The fraction of sp³-hybridized carbons (Fsp3) is 0.385. The van der Waals surface area contributed by atoms with Crippen LogP contribution in [0.15, 0.2) is 24.4 Å². The lowest BCUT2D eigenvalue weighted by Crippen LogP contribution is -2.09. The van der Waals surface area contributed by atoms with E-state index in [-0.39, 0.29) is 0 Å². The van der Waals surface area contributed by atoms with Crippen molar-refractivity contribution < 1.29 is 0 Å². The van der Waals surface area contributed by atoms with Gasteiger partial charge in [0.25, 0.3) is 0 Å². The predicted octanol–water partition coefficient (Wildman–Crippen LogP) is 1.98. The van der Waals surface area contributed by atoms with E-state index in [1.165, 1.54) is 5.69 Å². The minimum Gasteiger partial charge on any atom is -0.384 e. The van der Waals surface area contributed by atoms with Crippen LogP contribution in [0.4, 0.5) is 11.5 Å². The zero-order chi connectivity index (χ0) is 13.0. The number of hydrogen-bond acceptors (Lipinski definition) is 4. The summed E-state index contributed by atoms with van der Waals surface area (Å²) in [5.74, 6) is 0.545. The Labute approximate surface area is 107 Å². The topological polar surface area (TPSA) is 68.8 Å². The van der Waals surface area contributed by atoms with E-state index in [4.69, 9.17) is 5.73 Å². The number of aromatic nitrogens is 3. The molecule has 0 radical (unpaired) electrons. The summed E-state index contributed by atoms with van der Waals surface area (Å²) in [4.78, 5) is 4.03. The van der Waals surface area contributed by atoms with Crippen molar-refractivity contribution in [2.45, 2.75) is 26.8 Å². The van der Waals surface area contributed by atoms with Gasteiger partial charge < -0.3 is 11.1 Å². The Hall–Kier alpha value is -2.04. The van der Waals surface area contributed by atoms with Crippen LogP contribution in [-0.4, -0.2) is 21.3 Å². The van der Waals surface area contributed by atoms with Gasteiger partial charge in [-0.25, -0.2) is 4.98 Å². The van der Waals surface area contributed by atoms with E-state index in [2.05, 4.69) is 28.4 Å². The lowest BCUT2D eigenvalue weighted by atomic mass is 10.3. The molecule has 18 heavy (non-hydrogen) atoms. The van der Waals surface area contributed by atoms with Gasteiger partial charge in [0.05, 0.1) is 17.6 Å². The quantitative estimate of drug-likeness (QED) is 0.790. The van der Waals surface area contributed by atoms with Crippen molar-refractivity contribution in [3.05, 3.63) is 35.8 Å². The van der Waals surface area contributed by atoms with Crippen molar-refractivity contribution in [3.63, 3.8) is 0 Å². The number of nitrogen functional groups attached to an aromatic ring is 1. The van der Waals surface area contributed by atoms with Crippen LogP contribution < -0.4 is 11.1 Å². The highest BCUT2D eigenvalue weighted by atomic mass is 15.3. The molecule has 0 aliphatic carbocycles. The lowest BCUT2D eigenvalue weighted by molar-refractivity contribution is 0.574. The summed E-state index contributed by atoms with van der Waals surface area (Å²) in [5.41, 5.74) is 8.81. The first-order valence-corrected chi connectivity index (χ1v) is 6.11. The van der Waals surface area contributed by atoms with Crippen LogP contribution >= 0.6 is 0 Å². The summed E-state index contributed by atoms with van der Waals surface area (Å²) in [7, 11) is 0. The summed E-state index contributed by atoms with van der Waals surface area (Å²) in [5, 5.41) is 7.74. The molecule has 0 unspecified atom stereocenters. The van der Waals surface area contributed by atoms with Gasteiger partial charge in [-0.05, 0) is 38.5 Å². The first-order valence-electron chi connectivity index (χ1n) is 6.11. The minimum absolute atomic E-state index is 0.545. The third kappa shape index (κ3) is 3.23. The van der Waals surface area contributed by atoms with E-state index in [0.29, 0.717) is 5.82 Å². The molecule has 96 valence electrons. The molecule has 0 atom stereocenters. The number of rotatable bonds is 5. The Kier molecular flexibility index (Phi) is 3.82. The number of pyridine rings is 1. The fourth-order valence-corrected chi connectivity index (χ4v) is 1.87. The summed E-state index contributed by atoms with van der Waals surface area (Å²) in [6, 6.07) is 5.83. The van der Waals surface area contributed by atoms with Crippen LogP contribution in [0.5, 0.6) is 0 Å². The average molecular weight is 245 g/mol. The second kappa shape index (κ2) is 5.53. The van der Waals surface area contributed by atoms with E-state index in [1.54, 1.807) is 12.3 Å². The maximum Gasteiger partial charge on any atom is 0.123 e. The second-order valence-electron chi connectivity index (χ2n) is 4.40. The highest BCUT2D eigenvalue weighted by Crippen LogP contribution is 2.07. The Morgan fingerprint density at radius 3 is 2.78 bits per heavy atom. The fourth-order valence-electron chi connectivity index (χ4n) is 1.87. The van der Waals surface area contributed by atoms with Gasteiger partial charge in [0.1, 0.15) is 5.82 Å². The van der Waals surface area contributed by atoms with Crippen molar-refractivity contribution in [1.82, 2.24) is 14.8 Å². The molecule has 5 nitrogen and oxygen atoms in total. The molecule has 0 fully saturated rings. The van der Waals surface area contributed by atoms with Gasteiger partial charge >= 0.3 is 0 Å². The van der Waals surface area contributed by atoms with Gasteiger partial charge in [0, 0.05) is 18.8 Å². The average Bonchev–Trinajstić information content (AvgIpc) is 2.66. The third-order valence-electron chi connectivity index (χ3n) is 2.77. The molecule has 0 aliphatic rings. The summed E-state index contributed by atoms with van der Waals surface area (Å²) in [6.07, 6.45) is 2.77. The van der Waals surface area contributed by atoms with Gasteiger partial charge in [0.2, 0.25) is 0 Å². The number of anilines is 2. The van der Waals surface area contributed by atoms with Crippen LogP contribution in [0.2, 0.25) is 0 Å². The molecule has 0 saturated carbocycles. The first kappa shape index (κ1) is 12.4. The lowest BCUT2D eigenvalue weighted by Gasteiger charge is -2.07. The maximum absolute atomic E-state index is 5.53. The van der Waals surface area contributed by atoms with Crippen molar-refractivity contribution in [3.8, 4) is 0 Å². The maximum atomic E-state index is 5.53. The van der Waals surface area contributed by atoms with Crippen molar-refractivity contribution in [2.24, 2.45) is 0 Å². The molecule has 0 bridgehead atoms. The molecule has 3 N–H and O–H groups in total. The number of nitrogens with one attached hydrogen (secondary N) is 1. The standard InChI is InChI=1S/C13H19N5/c1-10-8-11(2)18(17-10)7-3-6-15-12-4-5-13(14)16-9-12/h4-5,8-9,15H,3,6-7H2,1-2H3,(H2,14,16). The normalized spacial score (nSPS) is 10.6. The minimum atomic E-state index is 0.545. The largest absolute Gasteiger partial charge is 0.384 e. The Balaban J connectivity index is 1.76. The molecule has 2 heterocycles. The SMILES string of the molecule is Cc1cc(C)n(CCCNc2ccc(N)nc2)n1. The molecule has 2 aromatic heterocycles. The number of aryl methyl sites for hydroxylation is 3. The van der Waals surface area contributed by atoms with E-state index in [9.17, 15) is 0 Å². The second-order valence-corrected chi connectivity index (χ2v) is 4.40. The molecule has 0 amide bonds. The van der Waals surface area contributed by atoms with E-state index < -0.39 is 0 Å². The van der Waals surface area contributed by atoms with Crippen LogP contribution in [0.25, 0.3) is 0 Å². The molecule has 5 heteroatoms. The predicted molar refractivity (Wildman–Crippen MR) is 73.5 cm³/mol. The van der Waals surface area contributed by atoms with E-state index in [1.807, 2.05) is 17.7 Å². The molecule has 2 rings (SSSR count). The van der Waals surface area contributed by atoms with E-state index in [0.717, 1.165) is 30.9 Å². The van der Waals surface area contributed by atoms with Gasteiger partial charge in [-0.2, -0.15) is 5.10 Å². The number of nitrogens with two attached hydrogens (primary N) is 1. The van der Waals surface area contributed by atoms with E-state index >= 15 is 0 Å². The van der Waals surface area contributed by atoms with Crippen LogP contribution in [0.1, 0.15) is 17.8 Å². The molecular formula is C13H19N5. The van der Waals surface area contributed by atoms with Crippen molar-refractivity contribution in [1.29, 1.82) is 0 Å². The number of nitrogens with zero attached hydrogens (tertiary/aromatic N) is 3. The van der Waals surface area contributed by atoms with Gasteiger partial charge in [-0.3, -0.25) is 4.68 Å². The summed E-state index contributed by atoms with van der Waals surface area (Å²) < 4.78 is 2.04. The molecule has 0 aromatic carbocycles. The van der Waals surface area contributed by atoms with Crippen molar-refractivity contribution in [2.75, 3.05) is 17.6 Å². The smallest absolute Gasteiger partial charge is 0.123 e. The molecule has 0 saturated heterocycles. The monoisotopic (exact) mass is 245 g/mol. The van der Waals surface area contributed by atoms with Crippen LogP contribution in [0, 0.1) is 13.8 Å². The number of hydrogen-bond donors (Lipinski definition) is 2. The third-order valence-corrected chi connectivity index (χ3v) is 2.77. The molecule has 2 aromatic rings. The molecule has 0 spiro atoms. The van der Waals surface area contributed by atoms with Crippen LogP contribution in [-0.2, 0) is 6.54 Å². The van der Waals surface area contributed by atoms with Crippen molar-refractivity contribution >= 4 is 11.5 Å². The zero-order valence-electron chi connectivity index (χ0n) is 10.8. The highest BCUT2D eigenvalue weighted by Gasteiger charge is 2.00. The Morgan fingerprint density at radius 2 is 2.17 bits per heavy atom. The highest BCUT2D eigenvalue weighted by molar-refractivity contribution is 5.45. The zero-order valence-corrected chi connectivity index (χ0v) is 10.8. The van der Waals surface area contributed by atoms with Gasteiger partial charge in [-0.15, -0.1) is 0 Å². The van der Waals surface area contributed by atoms with Crippen LogP contribution in [0.3, 0.4) is 0 Å². The Morgan fingerprint density at radius 1 is 1.33 bits per heavy atom. The Bertz CT molecular complexity index is 501. The van der Waals surface area contributed by atoms with Gasteiger partial charge in [0.15, 0.2) is 0 Å². The van der Waals surface area contributed by atoms with Gasteiger partial charge in [-0.1, -0.05) is 0 Å². The molecule has 0 aliphatic heterocycles. The summed E-state index contributed by atoms with van der Waals surface area (Å²) in [6.45, 7) is 5.91. The first-order chi connectivity index (χ1) is 8.65. The summed E-state index contributed by atoms with van der Waals surface area (Å²) >= 11 is 0. The molecular weight excluding hydrogens is 226 g/mol.